The molecule has 0 spiro atoms. The molecule has 0 unspecified atom stereocenters. The first-order chi connectivity index (χ1) is 12.5. The van der Waals surface area contributed by atoms with Gasteiger partial charge in [-0.3, -0.25) is 4.72 Å². The molecule has 0 atom stereocenters. The highest BCUT2D eigenvalue weighted by Crippen LogP contribution is 2.36. The number of H-pyrrole nitrogens is 1. The Morgan fingerprint density at radius 2 is 1.58 bits per heavy atom. The topological polar surface area (TPSA) is 88.0 Å². The van der Waals surface area contributed by atoms with Crippen LogP contribution >= 0.6 is 0 Å². The van der Waals surface area contributed by atoms with Crippen LogP contribution in [0.1, 0.15) is 0 Å². The zero-order valence-corrected chi connectivity index (χ0v) is 14.6. The summed E-state index contributed by atoms with van der Waals surface area (Å²) < 4.78 is 28.5. The number of nitrogens with one attached hydrogen (secondary N) is 2. The fraction of sp³-hybridized carbons (Fsp3) is 0. The SMILES string of the molecule is Nc1cccc(S(=O)(=O)Nc2c(-c3ccccc3)[nH]c3ccccc23)c1. The van der Waals surface area contributed by atoms with Gasteiger partial charge >= 0.3 is 0 Å². The summed E-state index contributed by atoms with van der Waals surface area (Å²) in [5, 5.41) is 0.804. The lowest BCUT2D eigenvalue weighted by molar-refractivity contribution is 0.601. The zero-order valence-electron chi connectivity index (χ0n) is 13.8. The summed E-state index contributed by atoms with van der Waals surface area (Å²) >= 11 is 0. The van der Waals surface area contributed by atoms with E-state index in [9.17, 15) is 8.42 Å². The Hall–Kier alpha value is -3.25. The van der Waals surface area contributed by atoms with Crippen LogP contribution in [0.2, 0.25) is 0 Å². The molecule has 0 aliphatic rings. The van der Waals surface area contributed by atoms with Crippen molar-refractivity contribution < 1.29 is 8.42 Å². The van der Waals surface area contributed by atoms with Crippen molar-refractivity contribution >= 4 is 32.3 Å². The third-order valence-corrected chi connectivity index (χ3v) is 5.52. The number of nitrogens with two attached hydrogens (primary N) is 1. The van der Waals surface area contributed by atoms with Crippen LogP contribution in [-0.4, -0.2) is 13.4 Å². The molecule has 4 N–H and O–H groups in total. The summed E-state index contributed by atoms with van der Waals surface area (Å²) in [6.45, 7) is 0. The van der Waals surface area contributed by atoms with Crippen molar-refractivity contribution in [1.82, 2.24) is 4.98 Å². The maximum Gasteiger partial charge on any atom is 0.262 e. The van der Waals surface area contributed by atoms with Gasteiger partial charge in [-0.05, 0) is 24.3 Å². The molecule has 0 saturated heterocycles. The molecule has 0 radical (unpaired) electrons. The summed E-state index contributed by atoms with van der Waals surface area (Å²) in [5.74, 6) is 0. The molecule has 6 heteroatoms. The summed E-state index contributed by atoms with van der Waals surface area (Å²) in [4.78, 5) is 3.44. The van der Waals surface area contributed by atoms with Crippen molar-refractivity contribution in [3.8, 4) is 11.3 Å². The minimum absolute atomic E-state index is 0.127. The number of aromatic amines is 1. The van der Waals surface area contributed by atoms with Crippen molar-refractivity contribution in [2.45, 2.75) is 4.90 Å². The molecule has 4 rings (SSSR count). The molecule has 0 aliphatic heterocycles. The third-order valence-electron chi connectivity index (χ3n) is 4.17. The maximum absolute atomic E-state index is 12.9. The molecule has 5 nitrogen and oxygen atoms in total. The zero-order chi connectivity index (χ0) is 18.1. The van der Waals surface area contributed by atoms with Crippen molar-refractivity contribution in [1.29, 1.82) is 0 Å². The summed E-state index contributed by atoms with van der Waals surface area (Å²) in [5.41, 5.74) is 9.14. The lowest BCUT2D eigenvalue weighted by Crippen LogP contribution is -2.13. The van der Waals surface area contributed by atoms with Crippen molar-refractivity contribution in [2.24, 2.45) is 0 Å². The van der Waals surface area contributed by atoms with E-state index in [0.717, 1.165) is 22.2 Å². The number of rotatable bonds is 4. The Morgan fingerprint density at radius 3 is 2.35 bits per heavy atom. The molecular formula is C20H17N3O2S. The van der Waals surface area contributed by atoms with Crippen LogP contribution in [0, 0.1) is 0 Å². The standard InChI is InChI=1S/C20H17N3O2S/c21-15-9-6-10-16(13-15)26(24,25)23-20-17-11-4-5-12-18(17)22-19(20)14-7-2-1-3-8-14/h1-13,22-23H,21H2. The number of anilines is 2. The van der Waals surface area contributed by atoms with Gasteiger partial charge < -0.3 is 10.7 Å². The molecule has 1 heterocycles. The van der Waals surface area contributed by atoms with Crippen LogP contribution in [0.15, 0.2) is 83.8 Å². The average Bonchev–Trinajstić information content (AvgIpc) is 3.01. The first-order valence-electron chi connectivity index (χ1n) is 8.09. The number of hydrogen-bond donors (Lipinski definition) is 3. The molecule has 1 aromatic heterocycles. The molecule has 26 heavy (non-hydrogen) atoms. The van der Waals surface area contributed by atoms with Crippen LogP contribution in [0.25, 0.3) is 22.2 Å². The highest BCUT2D eigenvalue weighted by Gasteiger charge is 2.20. The van der Waals surface area contributed by atoms with Crippen molar-refractivity contribution in [3.63, 3.8) is 0 Å². The first-order valence-corrected chi connectivity index (χ1v) is 9.57. The number of sulfonamides is 1. The second-order valence-corrected chi connectivity index (χ2v) is 7.65. The molecular weight excluding hydrogens is 346 g/mol. The van der Waals surface area contributed by atoms with E-state index in [4.69, 9.17) is 5.73 Å². The number of para-hydroxylation sites is 1. The van der Waals surface area contributed by atoms with E-state index in [1.165, 1.54) is 12.1 Å². The minimum atomic E-state index is -3.78. The highest BCUT2D eigenvalue weighted by atomic mass is 32.2. The Morgan fingerprint density at radius 1 is 0.846 bits per heavy atom. The van der Waals surface area contributed by atoms with Gasteiger partial charge in [0, 0.05) is 22.2 Å². The van der Waals surface area contributed by atoms with Crippen LogP contribution in [0.5, 0.6) is 0 Å². The molecule has 0 bridgehead atoms. The Labute approximate surface area is 151 Å². The Balaban J connectivity index is 1.88. The minimum Gasteiger partial charge on any atom is -0.399 e. The van der Waals surface area contributed by atoms with Gasteiger partial charge in [0.05, 0.1) is 16.3 Å². The van der Waals surface area contributed by atoms with E-state index in [1.807, 2.05) is 54.6 Å². The molecule has 0 aliphatic carbocycles. The molecule has 0 fully saturated rings. The molecule has 0 amide bonds. The quantitative estimate of drug-likeness (QED) is 0.474. The van der Waals surface area contributed by atoms with E-state index in [2.05, 4.69) is 9.71 Å². The van der Waals surface area contributed by atoms with Crippen LogP contribution in [0.4, 0.5) is 11.4 Å². The van der Waals surface area contributed by atoms with Crippen LogP contribution < -0.4 is 10.5 Å². The van der Waals surface area contributed by atoms with E-state index in [1.54, 1.807) is 12.1 Å². The number of nitrogen functional groups attached to an aromatic ring is 1. The van der Waals surface area contributed by atoms with E-state index in [-0.39, 0.29) is 4.90 Å². The normalized spacial score (nSPS) is 11.5. The number of benzene rings is 3. The van der Waals surface area contributed by atoms with Crippen molar-refractivity contribution in [3.05, 3.63) is 78.9 Å². The average molecular weight is 363 g/mol. The Kier molecular flexibility index (Phi) is 3.89. The van der Waals surface area contributed by atoms with Gasteiger partial charge in [0.25, 0.3) is 10.0 Å². The van der Waals surface area contributed by atoms with Gasteiger partial charge in [-0.15, -0.1) is 0 Å². The van der Waals surface area contributed by atoms with E-state index < -0.39 is 10.0 Å². The molecule has 0 saturated carbocycles. The molecule has 4 aromatic rings. The molecule has 3 aromatic carbocycles. The smallest absolute Gasteiger partial charge is 0.262 e. The van der Waals surface area contributed by atoms with E-state index >= 15 is 0 Å². The van der Waals surface area contributed by atoms with Crippen molar-refractivity contribution in [2.75, 3.05) is 10.5 Å². The fourth-order valence-electron chi connectivity index (χ4n) is 2.94. The summed E-state index contributed by atoms with van der Waals surface area (Å²) in [6, 6.07) is 23.4. The monoisotopic (exact) mass is 363 g/mol. The number of fused-ring (bicyclic) bond motifs is 1. The summed E-state index contributed by atoms with van der Waals surface area (Å²) in [6.07, 6.45) is 0. The van der Waals surface area contributed by atoms with Gasteiger partial charge in [-0.25, -0.2) is 8.42 Å². The second kappa shape index (κ2) is 6.24. The lowest BCUT2D eigenvalue weighted by Gasteiger charge is -2.10. The van der Waals surface area contributed by atoms with E-state index in [0.29, 0.717) is 11.4 Å². The largest absolute Gasteiger partial charge is 0.399 e. The number of hydrogen-bond acceptors (Lipinski definition) is 3. The predicted octanol–water partition coefficient (Wildman–Crippen LogP) is 4.22. The predicted molar refractivity (Wildman–Crippen MR) is 105 cm³/mol. The van der Waals surface area contributed by atoms with Crippen LogP contribution in [-0.2, 0) is 10.0 Å². The lowest BCUT2D eigenvalue weighted by atomic mass is 10.1. The molecule has 130 valence electrons. The first kappa shape index (κ1) is 16.2. The van der Waals surface area contributed by atoms with Gasteiger partial charge in [0.2, 0.25) is 0 Å². The van der Waals surface area contributed by atoms with Gasteiger partial charge in [-0.2, -0.15) is 0 Å². The Bertz CT molecular complexity index is 1180. The van der Waals surface area contributed by atoms with Gasteiger partial charge in [0.1, 0.15) is 0 Å². The number of aromatic nitrogens is 1. The highest BCUT2D eigenvalue weighted by molar-refractivity contribution is 7.92. The maximum atomic E-state index is 12.9. The second-order valence-electron chi connectivity index (χ2n) is 5.96. The van der Waals surface area contributed by atoms with Gasteiger partial charge in [0.15, 0.2) is 0 Å². The van der Waals surface area contributed by atoms with Crippen LogP contribution in [0.3, 0.4) is 0 Å². The summed E-state index contributed by atoms with van der Waals surface area (Å²) in [7, 11) is -3.78. The fourth-order valence-corrected chi connectivity index (χ4v) is 4.09. The third kappa shape index (κ3) is 2.91. The van der Waals surface area contributed by atoms with Gasteiger partial charge in [-0.1, -0.05) is 54.6 Å².